The number of carboxylic acids is 1. The summed E-state index contributed by atoms with van der Waals surface area (Å²) in [4.78, 5) is 22.4. The number of carboxylic acid groups (broad SMARTS) is 1. The molecule has 0 spiro atoms. The van der Waals surface area contributed by atoms with E-state index in [-0.39, 0.29) is 12.5 Å². The molecule has 2 N–H and O–H groups in total. The molecule has 1 amide bonds. The molecular formula is C11H19NO5. The van der Waals surface area contributed by atoms with Gasteiger partial charge in [0, 0.05) is 6.61 Å². The lowest BCUT2D eigenvalue weighted by atomic mass is 9.77. The van der Waals surface area contributed by atoms with Crippen molar-refractivity contribution in [1.29, 1.82) is 0 Å². The predicted molar refractivity (Wildman–Crippen MR) is 59.7 cm³/mol. The number of carbonyl (C=O) groups excluding carboxylic acids is 1. The lowest BCUT2D eigenvalue weighted by Crippen LogP contribution is -2.59. The van der Waals surface area contributed by atoms with Gasteiger partial charge in [0.2, 0.25) is 5.91 Å². The molecule has 6 heteroatoms. The average Bonchev–Trinajstić information content (AvgIpc) is 2.22. The minimum Gasteiger partial charge on any atom is -0.480 e. The smallest absolute Gasteiger partial charge is 0.329 e. The van der Waals surface area contributed by atoms with Gasteiger partial charge in [-0.15, -0.1) is 0 Å². The molecule has 1 aliphatic rings. The summed E-state index contributed by atoms with van der Waals surface area (Å²) in [7, 11) is 0. The van der Waals surface area contributed by atoms with Gasteiger partial charge in [0.1, 0.15) is 12.1 Å². The first-order valence-electron chi connectivity index (χ1n) is 5.80. The first-order chi connectivity index (χ1) is 8.10. The Labute approximate surface area is 100 Å². The second-order valence-electron chi connectivity index (χ2n) is 4.04. The topological polar surface area (TPSA) is 84.9 Å². The van der Waals surface area contributed by atoms with Crippen LogP contribution in [0.5, 0.6) is 0 Å². The SMILES string of the molecule is CCOCCOCC(=O)NC1(C(=O)O)CCC1. The van der Waals surface area contributed by atoms with Gasteiger partial charge >= 0.3 is 5.97 Å². The number of carbonyl (C=O) groups is 2. The summed E-state index contributed by atoms with van der Waals surface area (Å²) in [6.07, 6.45) is 1.82. The van der Waals surface area contributed by atoms with Gasteiger partial charge in [-0.1, -0.05) is 0 Å². The fraction of sp³-hybridized carbons (Fsp3) is 0.818. The Morgan fingerprint density at radius 2 is 1.94 bits per heavy atom. The zero-order chi connectivity index (χ0) is 12.7. The van der Waals surface area contributed by atoms with E-state index in [9.17, 15) is 9.59 Å². The molecular weight excluding hydrogens is 226 g/mol. The first kappa shape index (κ1) is 13.9. The van der Waals surface area contributed by atoms with Crippen LogP contribution >= 0.6 is 0 Å². The quantitative estimate of drug-likeness (QED) is 0.595. The van der Waals surface area contributed by atoms with Crippen molar-refractivity contribution in [3.05, 3.63) is 0 Å². The molecule has 6 nitrogen and oxygen atoms in total. The summed E-state index contributed by atoms with van der Waals surface area (Å²) in [5.74, 6) is -1.35. The van der Waals surface area contributed by atoms with Crippen LogP contribution in [0.2, 0.25) is 0 Å². The van der Waals surface area contributed by atoms with Gasteiger partial charge in [-0.3, -0.25) is 4.79 Å². The van der Waals surface area contributed by atoms with E-state index in [4.69, 9.17) is 14.6 Å². The number of hydrogen-bond donors (Lipinski definition) is 2. The van der Waals surface area contributed by atoms with Crippen LogP contribution in [0.4, 0.5) is 0 Å². The van der Waals surface area contributed by atoms with E-state index < -0.39 is 11.5 Å². The van der Waals surface area contributed by atoms with Crippen molar-refractivity contribution in [3.63, 3.8) is 0 Å². The monoisotopic (exact) mass is 245 g/mol. The maximum Gasteiger partial charge on any atom is 0.329 e. The van der Waals surface area contributed by atoms with E-state index in [1.807, 2.05) is 6.92 Å². The molecule has 0 saturated heterocycles. The highest BCUT2D eigenvalue weighted by molar-refractivity contribution is 5.88. The summed E-state index contributed by atoms with van der Waals surface area (Å²) in [5, 5.41) is 11.5. The van der Waals surface area contributed by atoms with Crippen molar-refractivity contribution in [1.82, 2.24) is 5.32 Å². The zero-order valence-corrected chi connectivity index (χ0v) is 10.0. The largest absolute Gasteiger partial charge is 0.480 e. The van der Waals surface area contributed by atoms with Crippen LogP contribution in [-0.4, -0.2) is 48.9 Å². The van der Waals surface area contributed by atoms with E-state index in [1.54, 1.807) is 0 Å². The van der Waals surface area contributed by atoms with E-state index >= 15 is 0 Å². The Balaban J connectivity index is 2.18. The Morgan fingerprint density at radius 1 is 1.29 bits per heavy atom. The fourth-order valence-electron chi connectivity index (χ4n) is 1.65. The van der Waals surface area contributed by atoms with Crippen LogP contribution < -0.4 is 5.32 Å². The summed E-state index contributed by atoms with van der Waals surface area (Å²) >= 11 is 0. The van der Waals surface area contributed by atoms with E-state index in [0.29, 0.717) is 32.7 Å². The fourth-order valence-corrected chi connectivity index (χ4v) is 1.65. The number of aliphatic carboxylic acids is 1. The summed E-state index contributed by atoms with van der Waals surface area (Å²) < 4.78 is 10.1. The van der Waals surface area contributed by atoms with Gasteiger partial charge < -0.3 is 19.9 Å². The van der Waals surface area contributed by atoms with Crippen molar-refractivity contribution in [2.24, 2.45) is 0 Å². The highest BCUT2D eigenvalue weighted by atomic mass is 16.5. The van der Waals surface area contributed by atoms with Crippen molar-refractivity contribution in [2.45, 2.75) is 31.7 Å². The number of ether oxygens (including phenoxy) is 2. The number of hydrogen-bond acceptors (Lipinski definition) is 4. The van der Waals surface area contributed by atoms with Crippen LogP contribution in [0.1, 0.15) is 26.2 Å². The minimum absolute atomic E-state index is 0.123. The van der Waals surface area contributed by atoms with Gasteiger partial charge in [0.15, 0.2) is 0 Å². The second kappa shape index (κ2) is 6.56. The Kier molecular flexibility index (Phi) is 5.37. The molecule has 1 rings (SSSR count). The van der Waals surface area contributed by atoms with E-state index in [0.717, 1.165) is 6.42 Å². The Bertz CT molecular complexity index is 275. The van der Waals surface area contributed by atoms with Crippen molar-refractivity contribution in [2.75, 3.05) is 26.4 Å². The first-order valence-corrected chi connectivity index (χ1v) is 5.80. The standard InChI is InChI=1S/C11H19NO5/c1-2-16-6-7-17-8-9(13)12-11(10(14)15)4-3-5-11/h2-8H2,1H3,(H,12,13)(H,14,15). The van der Waals surface area contributed by atoms with E-state index in [1.165, 1.54) is 0 Å². The molecule has 17 heavy (non-hydrogen) atoms. The summed E-state index contributed by atoms with van der Waals surface area (Å²) in [6, 6.07) is 0. The molecule has 0 aromatic carbocycles. The van der Waals surface area contributed by atoms with Crippen molar-refractivity contribution < 1.29 is 24.2 Å². The van der Waals surface area contributed by atoms with Gasteiger partial charge in [0.25, 0.3) is 0 Å². The average molecular weight is 245 g/mol. The normalized spacial score (nSPS) is 17.2. The molecule has 0 unspecified atom stereocenters. The van der Waals surface area contributed by atoms with Gasteiger partial charge in [-0.25, -0.2) is 4.79 Å². The van der Waals surface area contributed by atoms with Crippen molar-refractivity contribution >= 4 is 11.9 Å². The molecule has 0 bridgehead atoms. The molecule has 0 aromatic rings. The van der Waals surface area contributed by atoms with Crippen LogP contribution in [-0.2, 0) is 19.1 Å². The number of amides is 1. The van der Waals surface area contributed by atoms with Crippen LogP contribution in [0.25, 0.3) is 0 Å². The molecule has 1 aliphatic carbocycles. The predicted octanol–water partition coefficient (Wildman–Crippen LogP) is 0.163. The van der Waals surface area contributed by atoms with Gasteiger partial charge in [-0.2, -0.15) is 0 Å². The molecule has 0 aromatic heterocycles. The lowest BCUT2D eigenvalue weighted by Gasteiger charge is -2.38. The third-order valence-electron chi connectivity index (χ3n) is 2.80. The lowest BCUT2D eigenvalue weighted by molar-refractivity contribution is -0.152. The molecule has 0 aliphatic heterocycles. The van der Waals surface area contributed by atoms with Gasteiger partial charge in [-0.05, 0) is 26.2 Å². The molecule has 0 atom stereocenters. The highest BCUT2D eigenvalue weighted by Gasteiger charge is 2.45. The van der Waals surface area contributed by atoms with Crippen LogP contribution in [0.15, 0.2) is 0 Å². The zero-order valence-electron chi connectivity index (χ0n) is 10.0. The third-order valence-corrected chi connectivity index (χ3v) is 2.80. The van der Waals surface area contributed by atoms with Crippen molar-refractivity contribution in [3.8, 4) is 0 Å². The Morgan fingerprint density at radius 3 is 2.41 bits per heavy atom. The van der Waals surface area contributed by atoms with Gasteiger partial charge in [0.05, 0.1) is 13.2 Å². The third kappa shape index (κ3) is 3.98. The molecule has 0 heterocycles. The summed E-state index contributed by atoms with van der Waals surface area (Å²) in [5.41, 5.74) is -1.06. The molecule has 1 saturated carbocycles. The Hall–Kier alpha value is -1.14. The highest BCUT2D eigenvalue weighted by Crippen LogP contribution is 2.31. The maximum atomic E-state index is 11.4. The molecule has 1 fully saturated rings. The summed E-state index contributed by atoms with van der Waals surface area (Å²) in [6.45, 7) is 3.13. The van der Waals surface area contributed by atoms with Crippen LogP contribution in [0.3, 0.4) is 0 Å². The minimum atomic E-state index is -1.06. The molecule has 0 radical (unpaired) electrons. The number of rotatable bonds is 8. The second-order valence-corrected chi connectivity index (χ2v) is 4.04. The van der Waals surface area contributed by atoms with E-state index in [2.05, 4.69) is 5.32 Å². The van der Waals surface area contributed by atoms with Crippen LogP contribution in [0, 0.1) is 0 Å². The maximum absolute atomic E-state index is 11.4. The number of nitrogens with one attached hydrogen (secondary N) is 1. The molecule has 98 valence electrons.